The van der Waals surface area contributed by atoms with Gasteiger partial charge in [0.15, 0.2) is 11.5 Å². The van der Waals surface area contributed by atoms with Gasteiger partial charge in [-0.15, -0.1) is 0 Å². The molecule has 60 heavy (non-hydrogen) atoms. The van der Waals surface area contributed by atoms with E-state index < -0.39 is 12.3 Å². The number of ether oxygens (including phenoxy) is 2. The Labute approximate surface area is 352 Å². The van der Waals surface area contributed by atoms with E-state index in [2.05, 4.69) is 46.5 Å². The van der Waals surface area contributed by atoms with E-state index in [1.165, 1.54) is 5.56 Å². The Morgan fingerprint density at radius 1 is 0.900 bits per heavy atom. The van der Waals surface area contributed by atoms with E-state index in [-0.39, 0.29) is 30.3 Å². The predicted octanol–water partition coefficient (Wildman–Crippen LogP) is 8.27. The molecule has 314 valence electrons. The van der Waals surface area contributed by atoms with Crippen LogP contribution in [0.3, 0.4) is 0 Å². The first-order valence-corrected chi connectivity index (χ1v) is 21.7. The van der Waals surface area contributed by atoms with Crippen molar-refractivity contribution in [2.45, 2.75) is 102 Å². The van der Waals surface area contributed by atoms with Crippen LogP contribution in [0.25, 0.3) is 16.6 Å². The quantitative estimate of drug-likeness (QED) is 0.0840. The second-order valence-corrected chi connectivity index (χ2v) is 16.7. The molecule has 8 rings (SSSR count). The van der Waals surface area contributed by atoms with Crippen LogP contribution in [-0.2, 0) is 29.0 Å². The number of aliphatic hydroxyl groups is 1. The standard InChI is InChI=1S/C50H58N4O6/c51-48-22-17-37-32-59-43(12-7-2-1-4-9-34-13-18-41(55)19-14-34)28-42(56)20-15-35-16-21-46(57)47(25-35)60-33-40-27-38(26-39-30-54(31-45(39)40)50(37)52-48)44(36-10-5-3-6-11-36)29-49(58)53-23-8-24-53/h3,5-6,10-11,13-14,16-19,21-22,25-27,30-31,42-44,48,52,55-57H,1-2,4,7-9,12,15,20,23-24,28-29,32-33,51H2/t42-,43+,44-,48?/m1/s1. The van der Waals surface area contributed by atoms with E-state index in [0.29, 0.717) is 43.8 Å². The molecule has 1 fully saturated rings. The number of amides is 1. The minimum Gasteiger partial charge on any atom is -0.508 e. The van der Waals surface area contributed by atoms with Crippen molar-refractivity contribution in [1.82, 2.24) is 14.8 Å². The molecule has 0 spiro atoms. The van der Waals surface area contributed by atoms with Gasteiger partial charge in [-0.2, -0.15) is 0 Å². The summed E-state index contributed by atoms with van der Waals surface area (Å²) in [5.41, 5.74) is 12.6. The topological polar surface area (TPSA) is 142 Å². The minimum absolute atomic E-state index is 0.0551. The van der Waals surface area contributed by atoms with Gasteiger partial charge in [0.2, 0.25) is 5.91 Å². The molecule has 1 amide bonds. The molecule has 10 heteroatoms. The SMILES string of the molecule is NC1C=CC2=C(N1)n1cc3cc([C@H](CC(=O)N4CCC4)c4ccccc4)cc(c3c1)COc1cc(ccc1O)CC[C@@H](O)C[C@H](CCCCCCc1ccc(O)cc1)OC2. The molecule has 3 aliphatic heterocycles. The number of phenols is 2. The van der Waals surface area contributed by atoms with Crippen LogP contribution in [0.1, 0.15) is 91.5 Å². The van der Waals surface area contributed by atoms with Crippen LogP contribution in [0.5, 0.6) is 17.2 Å². The van der Waals surface area contributed by atoms with Crippen molar-refractivity contribution in [3.8, 4) is 17.2 Å². The fourth-order valence-corrected chi connectivity index (χ4v) is 8.67. The van der Waals surface area contributed by atoms with Crippen LogP contribution in [-0.4, -0.2) is 68.8 Å². The predicted molar refractivity (Wildman–Crippen MR) is 236 cm³/mol. The Balaban J connectivity index is 1.10. The van der Waals surface area contributed by atoms with E-state index in [9.17, 15) is 20.1 Å². The number of nitrogens with one attached hydrogen (secondary N) is 1. The molecule has 4 heterocycles. The van der Waals surface area contributed by atoms with Crippen molar-refractivity contribution in [1.29, 1.82) is 0 Å². The summed E-state index contributed by atoms with van der Waals surface area (Å²) in [7, 11) is 0. The lowest BCUT2D eigenvalue weighted by Gasteiger charge is -2.32. The number of rotatable bonds is 11. The summed E-state index contributed by atoms with van der Waals surface area (Å²) >= 11 is 0. The lowest BCUT2D eigenvalue weighted by atomic mass is 9.86. The zero-order chi connectivity index (χ0) is 41.4. The van der Waals surface area contributed by atoms with Crippen molar-refractivity contribution < 1.29 is 29.6 Å². The zero-order valence-corrected chi connectivity index (χ0v) is 34.3. The molecule has 0 saturated carbocycles. The van der Waals surface area contributed by atoms with Crippen molar-refractivity contribution in [3.63, 3.8) is 0 Å². The summed E-state index contributed by atoms with van der Waals surface area (Å²) in [6, 6.07) is 27.4. The van der Waals surface area contributed by atoms with Crippen LogP contribution >= 0.6 is 0 Å². The van der Waals surface area contributed by atoms with Crippen LogP contribution in [0.4, 0.5) is 0 Å². The number of dihydropyridines is 1. The average molecular weight is 811 g/mol. The van der Waals surface area contributed by atoms with E-state index in [1.807, 2.05) is 59.5 Å². The maximum atomic E-state index is 13.5. The third kappa shape index (κ3) is 10.2. The number of phenolic OH excluding ortho intramolecular Hbond substituents is 2. The van der Waals surface area contributed by atoms with E-state index in [0.717, 1.165) is 102 Å². The molecule has 1 saturated heterocycles. The second-order valence-electron chi connectivity index (χ2n) is 16.7. The lowest BCUT2D eigenvalue weighted by molar-refractivity contribution is -0.134. The highest BCUT2D eigenvalue weighted by atomic mass is 16.5. The summed E-state index contributed by atoms with van der Waals surface area (Å²) in [5, 5.41) is 37.4. The number of unbranched alkanes of at least 4 members (excludes halogenated alkanes) is 3. The minimum atomic E-state index is -0.573. The normalized spacial score (nSPS) is 20.1. The van der Waals surface area contributed by atoms with Gasteiger partial charge in [0, 0.05) is 54.2 Å². The van der Waals surface area contributed by atoms with Gasteiger partial charge >= 0.3 is 0 Å². The Kier molecular flexibility index (Phi) is 13.2. The fraction of sp³-hybridized carbons (Fsp3) is 0.380. The van der Waals surface area contributed by atoms with Gasteiger partial charge in [-0.1, -0.05) is 79.9 Å². The third-order valence-corrected chi connectivity index (χ3v) is 12.3. The van der Waals surface area contributed by atoms with Gasteiger partial charge in [0.1, 0.15) is 18.2 Å². The van der Waals surface area contributed by atoms with E-state index >= 15 is 0 Å². The first kappa shape index (κ1) is 41.2. The molecule has 5 aromatic rings. The number of aromatic nitrogens is 1. The summed E-state index contributed by atoms with van der Waals surface area (Å²) < 4.78 is 15.2. The van der Waals surface area contributed by atoms with Crippen molar-refractivity contribution in [2.75, 3.05) is 19.7 Å². The summed E-state index contributed by atoms with van der Waals surface area (Å²) in [6.07, 6.45) is 16.1. The molecule has 0 radical (unpaired) electrons. The van der Waals surface area contributed by atoms with Crippen LogP contribution in [0.15, 0.2) is 115 Å². The van der Waals surface area contributed by atoms with Gasteiger partial charge in [0.25, 0.3) is 0 Å². The largest absolute Gasteiger partial charge is 0.508 e. The Morgan fingerprint density at radius 3 is 2.52 bits per heavy atom. The number of carbonyl (C=O) groups excluding carboxylic acids is 1. The van der Waals surface area contributed by atoms with Gasteiger partial charge in [0.05, 0.1) is 25.0 Å². The number of aliphatic hydroxyl groups excluding tert-OH is 1. The molecule has 0 aliphatic carbocycles. The van der Waals surface area contributed by atoms with Gasteiger partial charge in [-0.25, -0.2) is 0 Å². The summed E-state index contributed by atoms with van der Waals surface area (Å²) in [4.78, 5) is 15.5. The van der Waals surface area contributed by atoms with Gasteiger partial charge in [-0.05, 0) is 109 Å². The maximum absolute atomic E-state index is 13.5. The number of carbonyl (C=O) groups is 1. The van der Waals surface area contributed by atoms with Crippen LogP contribution in [0.2, 0.25) is 0 Å². The van der Waals surface area contributed by atoms with Crippen molar-refractivity contribution >= 4 is 22.5 Å². The number of benzene rings is 4. The highest BCUT2D eigenvalue weighted by Gasteiger charge is 2.27. The monoisotopic (exact) mass is 810 g/mol. The number of nitrogens with zero attached hydrogens (tertiary/aromatic N) is 2. The van der Waals surface area contributed by atoms with E-state index in [1.54, 1.807) is 18.2 Å². The zero-order valence-electron chi connectivity index (χ0n) is 34.3. The van der Waals surface area contributed by atoms with Crippen LogP contribution < -0.4 is 15.8 Å². The molecule has 1 unspecified atom stereocenters. The Morgan fingerprint density at radius 2 is 1.72 bits per heavy atom. The number of nitrogens with two attached hydrogens (primary N) is 1. The number of hydrogen-bond acceptors (Lipinski definition) is 8. The number of aromatic hydroxyl groups is 2. The highest BCUT2D eigenvalue weighted by Crippen LogP contribution is 2.36. The number of likely N-dealkylation sites (tertiary alicyclic amines) is 1. The molecular weight excluding hydrogens is 753 g/mol. The first-order valence-electron chi connectivity index (χ1n) is 21.7. The highest BCUT2D eigenvalue weighted by molar-refractivity contribution is 5.88. The smallest absolute Gasteiger partial charge is 0.223 e. The van der Waals surface area contributed by atoms with E-state index in [4.69, 9.17) is 15.2 Å². The molecule has 1 aromatic heterocycles. The first-order chi connectivity index (χ1) is 29.3. The molecule has 4 aromatic carbocycles. The third-order valence-electron chi connectivity index (χ3n) is 12.3. The van der Waals surface area contributed by atoms with Crippen molar-refractivity contribution in [2.24, 2.45) is 5.73 Å². The molecule has 4 bridgehead atoms. The average Bonchev–Trinajstić information content (AvgIpc) is 3.67. The second kappa shape index (κ2) is 19.2. The molecular formula is C50H58N4O6. The fourth-order valence-electron chi connectivity index (χ4n) is 8.67. The van der Waals surface area contributed by atoms with Crippen LogP contribution in [0, 0.1) is 0 Å². The number of aryl methyl sites for hydroxylation is 2. The lowest BCUT2D eigenvalue weighted by Crippen LogP contribution is -2.42. The Hall–Kier alpha value is -5.55. The molecule has 6 N–H and O–H groups in total. The molecule has 4 atom stereocenters. The van der Waals surface area contributed by atoms with Gasteiger partial charge in [-0.3, -0.25) is 4.79 Å². The van der Waals surface area contributed by atoms with Gasteiger partial charge < -0.3 is 45.3 Å². The Bertz CT molecular complexity index is 2300. The summed E-state index contributed by atoms with van der Waals surface area (Å²) in [6.45, 7) is 2.14. The number of hydrogen-bond donors (Lipinski definition) is 5. The molecule has 3 aliphatic rings. The molecule has 10 nitrogen and oxygen atoms in total. The van der Waals surface area contributed by atoms with Crippen molar-refractivity contribution in [3.05, 3.63) is 143 Å². The number of fused-ring (bicyclic) bond motifs is 4. The summed E-state index contributed by atoms with van der Waals surface area (Å²) in [5.74, 6) is 1.54. The maximum Gasteiger partial charge on any atom is 0.223 e.